The number of thiazole rings is 1. The molecule has 0 spiro atoms. The fraction of sp³-hybridized carbons (Fsp3) is 0.150. The van der Waals surface area contributed by atoms with Crippen LogP contribution in [0.15, 0.2) is 60.0 Å². The normalized spacial score (nSPS) is 13.0. The summed E-state index contributed by atoms with van der Waals surface area (Å²) in [5.41, 5.74) is 2.89. The van der Waals surface area contributed by atoms with Gasteiger partial charge in [-0.15, -0.1) is 11.3 Å². The first-order valence-electron chi connectivity index (χ1n) is 8.67. The van der Waals surface area contributed by atoms with E-state index >= 15 is 0 Å². The zero-order valence-corrected chi connectivity index (χ0v) is 15.3. The van der Waals surface area contributed by atoms with Crippen molar-refractivity contribution in [3.8, 4) is 0 Å². The fourth-order valence-corrected chi connectivity index (χ4v) is 3.39. The maximum absolute atomic E-state index is 12.3. The van der Waals surface area contributed by atoms with Gasteiger partial charge in [0, 0.05) is 28.2 Å². The average molecular weight is 378 g/mol. The number of hydrogen-bond acceptors (Lipinski definition) is 4. The van der Waals surface area contributed by atoms with Crippen LogP contribution in [-0.4, -0.2) is 16.9 Å². The summed E-state index contributed by atoms with van der Waals surface area (Å²) >= 11 is 1.44. The number of anilines is 3. The molecule has 136 valence electrons. The molecule has 7 heteroatoms. The molecule has 6 nitrogen and oxygen atoms in total. The average Bonchev–Trinajstić information content (AvgIpc) is 3.42. The predicted molar refractivity (Wildman–Crippen MR) is 108 cm³/mol. The molecule has 0 unspecified atom stereocenters. The molecule has 3 N–H and O–H groups in total. The zero-order chi connectivity index (χ0) is 18.6. The lowest BCUT2D eigenvalue weighted by molar-refractivity contribution is 0.102. The Morgan fingerprint density at radius 3 is 2.22 bits per heavy atom. The van der Waals surface area contributed by atoms with E-state index < -0.39 is 0 Å². The molecule has 1 saturated carbocycles. The molecule has 1 aromatic heterocycles. The number of carbonyl (C=O) groups excluding carboxylic acids is 2. The molecular formula is C20H18N4O2S. The maximum Gasteiger partial charge on any atom is 0.323 e. The molecule has 0 saturated heterocycles. The zero-order valence-electron chi connectivity index (χ0n) is 14.4. The van der Waals surface area contributed by atoms with Crippen LogP contribution in [0.1, 0.15) is 34.8 Å². The number of nitrogens with zero attached hydrogens (tertiary/aromatic N) is 1. The number of hydrogen-bond donors (Lipinski definition) is 3. The highest BCUT2D eigenvalue weighted by Gasteiger charge is 2.26. The summed E-state index contributed by atoms with van der Waals surface area (Å²) < 4.78 is 0. The lowest BCUT2D eigenvalue weighted by Gasteiger charge is -2.08. The van der Waals surface area contributed by atoms with Gasteiger partial charge in [-0.05, 0) is 49.2 Å². The van der Waals surface area contributed by atoms with Crippen molar-refractivity contribution in [1.29, 1.82) is 0 Å². The molecule has 4 rings (SSSR count). The first-order chi connectivity index (χ1) is 13.2. The highest BCUT2D eigenvalue weighted by Crippen LogP contribution is 2.40. The van der Waals surface area contributed by atoms with Crippen molar-refractivity contribution in [3.63, 3.8) is 0 Å². The lowest BCUT2D eigenvalue weighted by Crippen LogP contribution is -2.19. The molecular weight excluding hydrogens is 360 g/mol. The van der Waals surface area contributed by atoms with Crippen LogP contribution in [-0.2, 0) is 0 Å². The van der Waals surface area contributed by atoms with Crippen LogP contribution in [0.5, 0.6) is 0 Å². The maximum atomic E-state index is 12.3. The molecule has 3 aromatic rings. The van der Waals surface area contributed by atoms with Gasteiger partial charge in [-0.1, -0.05) is 18.2 Å². The lowest BCUT2D eigenvalue weighted by atomic mass is 10.2. The van der Waals surface area contributed by atoms with E-state index in [2.05, 4.69) is 20.9 Å². The van der Waals surface area contributed by atoms with Crippen molar-refractivity contribution in [2.24, 2.45) is 0 Å². The Labute approximate surface area is 160 Å². The highest BCUT2D eigenvalue weighted by atomic mass is 32.1. The summed E-state index contributed by atoms with van der Waals surface area (Å²) in [6, 6.07) is 15.6. The van der Waals surface area contributed by atoms with Crippen LogP contribution in [0.2, 0.25) is 0 Å². The van der Waals surface area contributed by atoms with Gasteiger partial charge in [0.1, 0.15) is 0 Å². The van der Waals surface area contributed by atoms with Crippen molar-refractivity contribution in [2.75, 3.05) is 16.0 Å². The van der Waals surface area contributed by atoms with Crippen LogP contribution in [0.4, 0.5) is 21.3 Å². The second-order valence-corrected chi connectivity index (χ2v) is 7.19. The number of amides is 3. The van der Waals surface area contributed by atoms with Crippen molar-refractivity contribution < 1.29 is 9.59 Å². The van der Waals surface area contributed by atoms with E-state index in [4.69, 9.17) is 0 Å². The topological polar surface area (TPSA) is 83.1 Å². The molecule has 3 amide bonds. The number of para-hydroxylation sites is 1. The van der Waals surface area contributed by atoms with Crippen molar-refractivity contribution in [1.82, 2.24) is 4.98 Å². The van der Waals surface area contributed by atoms with Crippen LogP contribution < -0.4 is 16.0 Å². The predicted octanol–water partition coefficient (Wildman–Crippen LogP) is 4.92. The van der Waals surface area contributed by atoms with Gasteiger partial charge in [0.25, 0.3) is 5.91 Å². The molecule has 0 bridgehead atoms. The van der Waals surface area contributed by atoms with Gasteiger partial charge in [-0.3, -0.25) is 10.1 Å². The summed E-state index contributed by atoms with van der Waals surface area (Å²) in [6.45, 7) is 0. The molecule has 1 heterocycles. The van der Waals surface area contributed by atoms with Gasteiger partial charge in [-0.2, -0.15) is 0 Å². The highest BCUT2D eigenvalue weighted by molar-refractivity contribution is 7.14. The van der Waals surface area contributed by atoms with Gasteiger partial charge < -0.3 is 10.6 Å². The molecule has 2 aromatic carbocycles. The third-order valence-electron chi connectivity index (χ3n) is 4.17. The van der Waals surface area contributed by atoms with Gasteiger partial charge >= 0.3 is 6.03 Å². The first kappa shape index (κ1) is 17.2. The Bertz CT molecular complexity index is 950. The second-order valence-electron chi connectivity index (χ2n) is 6.33. The summed E-state index contributed by atoms with van der Waals surface area (Å²) in [5.74, 6) is 0.353. The monoisotopic (exact) mass is 378 g/mol. The molecule has 27 heavy (non-hydrogen) atoms. The van der Waals surface area contributed by atoms with Gasteiger partial charge in [0.15, 0.2) is 5.13 Å². The number of nitrogens with one attached hydrogen (secondary N) is 3. The van der Waals surface area contributed by atoms with E-state index in [9.17, 15) is 9.59 Å². The van der Waals surface area contributed by atoms with Gasteiger partial charge in [-0.25, -0.2) is 9.78 Å². The van der Waals surface area contributed by atoms with E-state index in [-0.39, 0.29) is 11.9 Å². The van der Waals surface area contributed by atoms with Crippen LogP contribution in [0, 0.1) is 0 Å². The van der Waals surface area contributed by atoms with Crippen molar-refractivity contribution in [3.05, 3.63) is 71.2 Å². The number of aromatic nitrogens is 1. The minimum Gasteiger partial charge on any atom is -0.308 e. The first-order valence-corrected chi connectivity index (χ1v) is 9.55. The van der Waals surface area contributed by atoms with Crippen molar-refractivity contribution >= 4 is 39.8 Å². The van der Waals surface area contributed by atoms with Crippen molar-refractivity contribution in [2.45, 2.75) is 18.8 Å². The van der Waals surface area contributed by atoms with E-state index in [1.165, 1.54) is 24.2 Å². The van der Waals surface area contributed by atoms with E-state index in [0.717, 1.165) is 5.69 Å². The summed E-state index contributed by atoms with van der Waals surface area (Å²) in [6.07, 6.45) is 2.37. The van der Waals surface area contributed by atoms with Crippen LogP contribution in [0.25, 0.3) is 0 Å². The quantitative estimate of drug-likeness (QED) is 0.589. The van der Waals surface area contributed by atoms with Gasteiger partial charge in [0.05, 0.1) is 5.69 Å². The minimum atomic E-state index is -0.339. The number of benzene rings is 2. The van der Waals surface area contributed by atoms with E-state index in [1.807, 2.05) is 23.6 Å². The largest absolute Gasteiger partial charge is 0.323 e. The third-order valence-corrected chi connectivity index (χ3v) is 4.95. The van der Waals surface area contributed by atoms with Crippen LogP contribution in [0.3, 0.4) is 0 Å². The smallest absolute Gasteiger partial charge is 0.308 e. The Balaban J connectivity index is 1.33. The Kier molecular flexibility index (Phi) is 4.84. The Morgan fingerprint density at radius 2 is 1.56 bits per heavy atom. The Hall–Kier alpha value is -3.19. The summed E-state index contributed by atoms with van der Waals surface area (Å²) in [5, 5.41) is 10.9. The number of urea groups is 1. The Morgan fingerprint density at radius 1 is 0.889 bits per heavy atom. The third kappa shape index (κ3) is 4.51. The molecule has 0 atom stereocenters. The van der Waals surface area contributed by atoms with E-state index in [1.54, 1.807) is 36.4 Å². The number of rotatable bonds is 5. The molecule has 1 aliphatic carbocycles. The summed E-state index contributed by atoms with van der Waals surface area (Å²) in [4.78, 5) is 28.8. The molecule has 1 fully saturated rings. The standard InChI is InChI=1S/C20H18N4O2S/c25-18(24-20-23-17(12-27-20)13-6-7-13)14-8-10-16(11-9-14)22-19(26)21-15-4-2-1-3-5-15/h1-5,8-13H,6-7H2,(H2,21,22,26)(H,23,24,25). The van der Waals surface area contributed by atoms with Gasteiger partial charge in [0.2, 0.25) is 0 Å². The van der Waals surface area contributed by atoms with Crippen LogP contribution >= 0.6 is 11.3 Å². The second kappa shape index (κ2) is 7.59. The SMILES string of the molecule is O=C(Nc1ccccc1)Nc1ccc(C(=O)Nc2nc(C3CC3)cs2)cc1. The molecule has 0 radical (unpaired) electrons. The summed E-state index contributed by atoms with van der Waals surface area (Å²) in [7, 11) is 0. The molecule has 1 aliphatic rings. The minimum absolute atomic E-state index is 0.216. The number of carbonyl (C=O) groups is 2. The van der Waals surface area contributed by atoms with E-state index in [0.29, 0.717) is 28.0 Å². The fourth-order valence-electron chi connectivity index (χ4n) is 2.60. The molecule has 0 aliphatic heterocycles.